The molecule has 1 aliphatic carbocycles. The Hall–Kier alpha value is -3.80. The number of hydrogen-bond acceptors (Lipinski definition) is 4. The molecule has 1 atom stereocenters. The molecule has 1 unspecified atom stereocenters. The number of methoxy groups -OCH3 is 1. The van der Waals surface area contributed by atoms with Crippen molar-refractivity contribution in [1.82, 2.24) is 4.57 Å². The highest BCUT2D eigenvalue weighted by Crippen LogP contribution is 2.42. The van der Waals surface area contributed by atoms with E-state index in [2.05, 4.69) is 47.0 Å². The molecule has 0 fully saturated rings. The van der Waals surface area contributed by atoms with Crippen molar-refractivity contribution in [2.45, 2.75) is 38.1 Å². The largest absolute Gasteiger partial charge is 0.481 e. The lowest BCUT2D eigenvalue weighted by atomic mass is 9.92. The molecular formula is C28H28N2O4. The van der Waals surface area contributed by atoms with Gasteiger partial charge in [0.2, 0.25) is 5.91 Å². The first kappa shape index (κ1) is 22.0. The first-order chi connectivity index (χ1) is 16.6. The quantitative estimate of drug-likeness (QED) is 0.337. The Labute approximate surface area is 198 Å². The van der Waals surface area contributed by atoms with Crippen LogP contribution in [0.5, 0.6) is 5.75 Å². The number of fused-ring (bicyclic) bond motifs is 4. The van der Waals surface area contributed by atoms with E-state index in [9.17, 15) is 9.59 Å². The molecule has 0 saturated carbocycles. The molecule has 1 amide bonds. The SMILES string of the molecule is COC(=O)COc1cccc2c1c1c(n2Cc2cccc3ccccc23)CCCCC1C(N)=O. The molecular weight excluding hydrogens is 428 g/mol. The van der Waals surface area contributed by atoms with Gasteiger partial charge in [-0.3, -0.25) is 4.79 Å². The highest BCUT2D eigenvalue weighted by molar-refractivity contribution is 5.97. The van der Waals surface area contributed by atoms with Gasteiger partial charge in [-0.1, -0.05) is 55.0 Å². The lowest BCUT2D eigenvalue weighted by Gasteiger charge is -2.15. The average molecular weight is 457 g/mol. The number of nitrogens with zero attached hydrogens (tertiary/aromatic N) is 1. The normalized spacial score (nSPS) is 15.6. The summed E-state index contributed by atoms with van der Waals surface area (Å²) in [6.07, 6.45) is 3.49. The van der Waals surface area contributed by atoms with Gasteiger partial charge in [0.1, 0.15) is 5.75 Å². The smallest absolute Gasteiger partial charge is 0.343 e. The molecule has 1 aromatic heterocycles. The second-order valence-electron chi connectivity index (χ2n) is 8.80. The Morgan fingerprint density at radius 3 is 2.65 bits per heavy atom. The van der Waals surface area contributed by atoms with Gasteiger partial charge in [-0.2, -0.15) is 0 Å². The van der Waals surface area contributed by atoms with E-state index in [-0.39, 0.29) is 12.5 Å². The van der Waals surface area contributed by atoms with Crippen molar-refractivity contribution in [2.24, 2.45) is 5.73 Å². The highest BCUT2D eigenvalue weighted by Gasteiger charge is 2.31. The number of carbonyl (C=O) groups excluding carboxylic acids is 2. The Bertz CT molecular complexity index is 1380. The fourth-order valence-electron chi connectivity index (χ4n) is 5.26. The third-order valence-corrected chi connectivity index (χ3v) is 6.83. The Morgan fingerprint density at radius 1 is 1.03 bits per heavy atom. The second-order valence-corrected chi connectivity index (χ2v) is 8.80. The van der Waals surface area contributed by atoms with Gasteiger partial charge in [0.15, 0.2) is 6.61 Å². The molecule has 0 bridgehead atoms. The number of primary amides is 1. The van der Waals surface area contributed by atoms with Crippen molar-refractivity contribution in [2.75, 3.05) is 13.7 Å². The molecule has 34 heavy (non-hydrogen) atoms. The fraction of sp³-hybridized carbons (Fsp3) is 0.286. The minimum atomic E-state index is -0.454. The maximum atomic E-state index is 12.6. The van der Waals surface area contributed by atoms with Gasteiger partial charge in [-0.25, -0.2) is 4.79 Å². The summed E-state index contributed by atoms with van der Waals surface area (Å²) in [5.74, 6) is -0.597. The highest BCUT2D eigenvalue weighted by atomic mass is 16.6. The van der Waals surface area contributed by atoms with Crippen LogP contribution in [0.25, 0.3) is 21.7 Å². The average Bonchev–Trinajstić information content (AvgIpc) is 3.01. The van der Waals surface area contributed by atoms with Crippen molar-refractivity contribution in [3.05, 3.63) is 77.5 Å². The van der Waals surface area contributed by atoms with Crippen LogP contribution in [0, 0.1) is 0 Å². The van der Waals surface area contributed by atoms with E-state index in [1.807, 2.05) is 18.2 Å². The van der Waals surface area contributed by atoms with Crippen LogP contribution in [0.2, 0.25) is 0 Å². The zero-order chi connectivity index (χ0) is 23.7. The van der Waals surface area contributed by atoms with Crippen LogP contribution in [0.15, 0.2) is 60.7 Å². The molecule has 0 aliphatic heterocycles. The third-order valence-electron chi connectivity index (χ3n) is 6.83. The number of hydrogen-bond donors (Lipinski definition) is 1. The predicted molar refractivity (Wildman–Crippen MR) is 132 cm³/mol. The summed E-state index contributed by atoms with van der Waals surface area (Å²) in [6.45, 7) is 0.471. The fourth-order valence-corrected chi connectivity index (χ4v) is 5.26. The lowest BCUT2D eigenvalue weighted by molar-refractivity contribution is -0.142. The lowest BCUT2D eigenvalue weighted by Crippen LogP contribution is -2.21. The number of benzene rings is 3. The summed E-state index contributed by atoms with van der Waals surface area (Å²) in [7, 11) is 1.34. The number of rotatable bonds is 6. The van der Waals surface area contributed by atoms with Gasteiger partial charge < -0.3 is 19.8 Å². The molecule has 1 heterocycles. The van der Waals surface area contributed by atoms with Crippen molar-refractivity contribution < 1.29 is 19.1 Å². The van der Waals surface area contributed by atoms with Gasteiger partial charge in [-0.15, -0.1) is 0 Å². The minimum Gasteiger partial charge on any atom is -0.481 e. The zero-order valence-corrected chi connectivity index (χ0v) is 19.3. The summed E-state index contributed by atoms with van der Waals surface area (Å²) in [5.41, 5.74) is 10.2. The second kappa shape index (κ2) is 9.21. The van der Waals surface area contributed by atoms with E-state index in [1.54, 1.807) is 0 Å². The van der Waals surface area contributed by atoms with Crippen LogP contribution in [-0.4, -0.2) is 30.2 Å². The van der Waals surface area contributed by atoms with Crippen LogP contribution >= 0.6 is 0 Å². The minimum absolute atomic E-state index is 0.194. The first-order valence-corrected chi connectivity index (χ1v) is 11.7. The molecule has 1 aliphatic rings. The summed E-state index contributed by atoms with van der Waals surface area (Å²) in [5, 5.41) is 3.27. The number of aromatic nitrogens is 1. The molecule has 0 spiro atoms. The van der Waals surface area contributed by atoms with Crippen LogP contribution in [0.4, 0.5) is 0 Å². The van der Waals surface area contributed by atoms with E-state index < -0.39 is 11.9 Å². The zero-order valence-electron chi connectivity index (χ0n) is 19.3. The Morgan fingerprint density at radius 2 is 1.82 bits per heavy atom. The number of esters is 1. The predicted octanol–water partition coefficient (Wildman–Crippen LogP) is 4.69. The van der Waals surface area contributed by atoms with Gasteiger partial charge in [0.25, 0.3) is 0 Å². The van der Waals surface area contributed by atoms with Crippen LogP contribution in [0.3, 0.4) is 0 Å². The molecule has 0 saturated heterocycles. The topological polar surface area (TPSA) is 83.6 Å². The molecule has 4 aromatic rings. The van der Waals surface area contributed by atoms with Crippen LogP contribution in [0.1, 0.15) is 42.0 Å². The van der Waals surface area contributed by atoms with Gasteiger partial charge >= 0.3 is 5.97 Å². The van der Waals surface area contributed by atoms with E-state index in [0.29, 0.717) is 18.7 Å². The van der Waals surface area contributed by atoms with Crippen molar-refractivity contribution >= 4 is 33.6 Å². The summed E-state index contributed by atoms with van der Waals surface area (Å²) in [4.78, 5) is 24.4. The van der Waals surface area contributed by atoms with Gasteiger partial charge in [0.05, 0.1) is 18.5 Å². The standard InChI is InChI=1S/C28H28N2O4/c1-33-25(31)17-34-24-15-7-14-23-27(24)26-21(28(29)32)12-4-5-13-22(26)30(23)16-19-10-6-9-18-8-2-3-11-20(18)19/h2-3,6-11,14-15,21H,4-5,12-13,16-17H2,1H3,(H2,29,32). The number of ether oxygens (including phenoxy) is 2. The maximum absolute atomic E-state index is 12.6. The van der Waals surface area contributed by atoms with Crippen LogP contribution in [-0.2, 0) is 27.3 Å². The Kier molecular flexibility index (Phi) is 5.97. The van der Waals surface area contributed by atoms with Gasteiger partial charge in [-0.05, 0) is 53.3 Å². The van der Waals surface area contributed by atoms with E-state index >= 15 is 0 Å². The molecule has 174 valence electrons. The molecule has 6 nitrogen and oxygen atoms in total. The van der Waals surface area contributed by atoms with Gasteiger partial charge in [0, 0.05) is 17.6 Å². The monoisotopic (exact) mass is 456 g/mol. The Balaban J connectivity index is 1.72. The number of amides is 1. The molecule has 3 aromatic carbocycles. The molecule has 0 radical (unpaired) electrons. The molecule has 5 rings (SSSR count). The molecule has 2 N–H and O–H groups in total. The molecule has 6 heteroatoms. The van der Waals surface area contributed by atoms with E-state index in [0.717, 1.165) is 41.4 Å². The van der Waals surface area contributed by atoms with Crippen molar-refractivity contribution in [3.63, 3.8) is 0 Å². The van der Waals surface area contributed by atoms with Crippen LogP contribution < -0.4 is 10.5 Å². The summed E-state index contributed by atoms with van der Waals surface area (Å²) in [6, 6.07) is 20.5. The third kappa shape index (κ3) is 3.89. The number of nitrogens with two attached hydrogens (primary N) is 1. The summed E-state index contributed by atoms with van der Waals surface area (Å²) >= 11 is 0. The summed E-state index contributed by atoms with van der Waals surface area (Å²) < 4.78 is 13.0. The number of carbonyl (C=O) groups is 2. The van der Waals surface area contributed by atoms with Crippen molar-refractivity contribution in [1.29, 1.82) is 0 Å². The van der Waals surface area contributed by atoms with E-state index in [1.165, 1.54) is 23.4 Å². The van der Waals surface area contributed by atoms with E-state index in [4.69, 9.17) is 15.2 Å². The van der Waals surface area contributed by atoms with Crippen molar-refractivity contribution in [3.8, 4) is 5.75 Å². The first-order valence-electron chi connectivity index (χ1n) is 11.7. The maximum Gasteiger partial charge on any atom is 0.343 e.